The average molecular weight is 286 g/mol. The van der Waals surface area contributed by atoms with Gasteiger partial charge in [-0.25, -0.2) is 4.98 Å². The molecule has 1 aromatic carbocycles. The third kappa shape index (κ3) is 2.16. The van der Waals surface area contributed by atoms with Gasteiger partial charge in [-0.3, -0.25) is 0 Å². The van der Waals surface area contributed by atoms with Gasteiger partial charge in [0.1, 0.15) is 5.52 Å². The summed E-state index contributed by atoms with van der Waals surface area (Å²) >= 11 is 1.53. The van der Waals surface area contributed by atoms with E-state index in [1.165, 1.54) is 29.3 Å². The van der Waals surface area contributed by atoms with E-state index in [1.807, 2.05) is 6.26 Å². The molecule has 0 N–H and O–H groups in total. The number of fused-ring (bicyclic) bond motifs is 3. The van der Waals surface area contributed by atoms with E-state index in [2.05, 4.69) is 51.8 Å². The summed E-state index contributed by atoms with van der Waals surface area (Å²) in [7, 11) is 0. The normalized spacial score (nSPS) is 11.6. The Hall–Kier alpha value is -1.62. The zero-order chi connectivity index (χ0) is 14.1. The second-order valence-corrected chi connectivity index (χ2v) is 5.77. The number of aromatic nitrogens is 4. The van der Waals surface area contributed by atoms with Crippen molar-refractivity contribution in [2.24, 2.45) is 0 Å². The Kier molecular flexibility index (Phi) is 3.61. The van der Waals surface area contributed by atoms with Gasteiger partial charge in [0.2, 0.25) is 5.16 Å². The van der Waals surface area contributed by atoms with Crippen LogP contribution in [0.4, 0.5) is 0 Å². The van der Waals surface area contributed by atoms with Crippen LogP contribution in [0.2, 0.25) is 0 Å². The molecule has 0 radical (unpaired) electrons. The molecule has 3 aromatic rings. The van der Waals surface area contributed by atoms with Crippen LogP contribution in [-0.2, 0) is 6.54 Å². The van der Waals surface area contributed by atoms with Crippen molar-refractivity contribution in [2.45, 2.75) is 38.4 Å². The molecule has 2 heterocycles. The monoisotopic (exact) mass is 286 g/mol. The summed E-state index contributed by atoms with van der Waals surface area (Å²) in [5.41, 5.74) is 4.32. The molecular weight excluding hydrogens is 268 g/mol. The van der Waals surface area contributed by atoms with Crippen molar-refractivity contribution in [3.63, 3.8) is 0 Å². The summed E-state index contributed by atoms with van der Waals surface area (Å²) in [5, 5.41) is 10.5. The van der Waals surface area contributed by atoms with E-state index in [-0.39, 0.29) is 0 Å². The van der Waals surface area contributed by atoms with E-state index in [0.29, 0.717) is 0 Å². The highest BCUT2D eigenvalue weighted by Crippen LogP contribution is 2.28. The number of rotatable bonds is 4. The largest absolute Gasteiger partial charge is 0.324 e. The molecule has 0 spiro atoms. The van der Waals surface area contributed by atoms with Crippen molar-refractivity contribution in [3.05, 3.63) is 23.8 Å². The third-order valence-corrected chi connectivity index (χ3v) is 4.06. The first-order valence-electron chi connectivity index (χ1n) is 6.92. The van der Waals surface area contributed by atoms with E-state index < -0.39 is 0 Å². The topological polar surface area (TPSA) is 43.6 Å². The molecule has 0 fully saturated rings. The summed E-state index contributed by atoms with van der Waals surface area (Å²) in [5.74, 6) is 0. The number of aryl methyl sites for hydroxylation is 2. The Bertz CT molecular complexity index is 763. The summed E-state index contributed by atoms with van der Waals surface area (Å²) in [4.78, 5) is 4.67. The van der Waals surface area contributed by atoms with Crippen molar-refractivity contribution in [3.8, 4) is 0 Å². The van der Waals surface area contributed by atoms with Gasteiger partial charge in [-0.15, -0.1) is 10.2 Å². The molecule has 104 valence electrons. The van der Waals surface area contributed by atoms with Crippen molar-refractivity contribution in [2.75, 3.05) is 6.26 Å². The Morgan fingerprint density at radius 3 is 2.85 bits per heavy atom. The first-order chi connectivity index (χ1) is 9.74. The smallest absolute Gasteiger partial charge is 0.210 e. The molecular formula is C15H18N4S. The van der Waals surface area contributed by atoms with Gasteiger partial charge >= 0.3 is 0 Å². The second kappa shape index (κ2) is 5.40. The molecule has 0 aliphatic heterocycles. The van der Waals surface area contributed by atoms with Crippen molar-refractivity contribution in [1.29, 1.82) is 0 Å². The molecule has 3 rings (SSSR count). The molecule has 0 amide bonds. The molecule has 20 heavy (non-hydrogen) atoms. The molecule has 0 aliphatic carbocycles. The first-order valence-corrected chi connectivity index (χ1v) is 8.14. The quantitative estimate of drug-likeness (QED) is 0.684. The minimum Gasteiger partial charge on any atom is -0.324 e. The molecule has 5 heteroatoms. The van der Waals surface area contributed by atoms with Gasteiger partial charge < -0.3 is 4.57 Å². The van der Waals surface area contributed by atoms with Gasteiger partial charge in [0.05, 0.1) is 5.52 Å². The lowest BCUT2D eigenvalue weighted by Crippen LogP contribution is -2.00. The van der Waals surface area contributed by atoms with Crippen LogP contribution in [0.3, 0.4) is 0 Å². The lowest BCUT2D eigenvalue weighted by atomic mass is 10.2. The van der Waals surface area contributed by atoms with Gasteiger partial charge in [-0.05, 0) is 31.7 Å². The van der Waals surface area contributed by atoms with Gasteiger partial charge in [0.15, 0.2) is 5.65 Å². The van der Waals surface area contributed by atoms with Gasteiger partial charge in [0.25, 0.3) is 0 Å². The minimum absolute atomic E-state index is 0.731. The molecule has 4 nitrogen and oxygen atoms in total. The maximum absolute atomic E-state index is 4.67. The number of hydrogen-bond acceptors (Lipinski definition) is 4. The van der Waals surface area contributed by atoms with Crippen LogP contribution in [0.25, 0.3) is 22.1 Å². The summed E-state index contributed by atoms with van der Waals surface area (Å²) in [6.07, 6.45) is 4.29. The maximum atomic E-state index is 4.67. The lowest BCUT2D eigenvalue weighted by molar-refractivity contribution is 0.656. The minimum atomic E-state index is 0.731. The van der Waals surface area contributed by atoms with Crippen LogP contribution in [0.15, 0.2) is 23.4 Å². The predicted octanol–water partition coefficient (Wildman–Crippen LogP) is 3.81. The first kappa shape index (κ1) is 13.4. The lowest BCUT2D eigenvalue weighted by Gasteiger charge is -2.05. The number of nitrogens with zero attached hydrogens (tertiary/aromatic N) is 4. The van der Waals surface area contributed by atoms with Crippen molar-refractivity contribution >= 4 is 33.8 Å². The van der Waals surface area contributed by atoms with Crippen LogP contribution in [0, 0.1) is 6.92 Å². The predicted molar refractivity (Wildman–Crippen MR) is 84.3 cm³/mol. The van der Waals surface area contributed by atoms with Crippen LogP contribution in [-0.4, -0.2) is 26.0 Å². The molecule has 0 saturated carbocycles. The van der Waals surface area contributed by atoms with Crippen molar-refractivity contribution < 1.29 is 0 Å². The number of benzene rings is 1. The van der Waals surface area contributed by atoms with E-state index in [0.717, 1.165) is 34.7 Å². The van der Waals surface area contributed by atoms with E-state index in [4.69, 9.17) is 0 Å². The molecule has 2 aromatic heterocycles. The van der Waals surface area contributed by atoms with Crippen LogP contribution in [0.5, 0.6) is 0 Å². The molecule has 0 aliphatic rings. The number of thioether (sulfide) groups is 1. The Labute approximate surface area is 122 Å². The van der Waals surface area contributed by atoms with Crippen LogP contribution in [0.1, 0.15) is 25.3 Å². The van der Waals surface area contributed by atoms with Gasteiger partial charge in [-0.2, -0.15) is 0 Å². The molecule has 0 atom stereocenters. The fourth-order valence-electron chi connectivity index (χ4n) is 2.48. The van der Waals surface area contributed by atoms with E-state index >= 15 is 0 Å². The summed E-state index contributed by atoms with van der Waals surface area (Å²) in [6.45, 7) is 5.29. The second-order valence-electron chi connectivity index (χ2n) is 5.00. The van der Waals surface area contributed by atoms with Crippen LogP contribution < -0.4 is 0 Å². The fraction of sp³-hybridized carbons (Fsp3) is 0.400. The molecule has 0 saturated heterocycles. The summed E-state index contributed by atoms with van der Waals surface area (Å²) in [6, 6.07) is 6.49. The highest BCUT2D eigenvalue weighted by molar-refractivity contribution is 7.98. The van der Waals surface area contributed by atoms with E-state index in [1.54, 1.807) is 0 Å². The maximum Gasteiger partial charge on any atom is 0.210 e. The number of hydrogen-bond donors (Lipinski definition) is 0. The zero-order valence-electron chi connectivity index (χ0n) is 12.1. The Morgan fingerprint density at radius 2 is 2.10 bits per heavy atom. The van der Waals surface area contributed by atoms with Gasteiger partial charge in [-0.1, -0.05) is 36.7 Å². The van der Waals surface area contributed by atoms with Crippen molar-refractivity contribution in [1.82, 2.24) is 19.7 Å². The fourth-order valence-corrected chi connectivity index (χ4v) is 2.78. The Balaban J connectivity index is 2.33. The standard InChI is InChI=1S/C15H18N4S/c1-4-5-8-19-12-7-6-10(2)9-11(12)13-14(19)16-15(20-3)18-17-13/h6-7,9H,4-5,8H2,1-3H3. The zero-order valence-corrected chi connectivity index (χ0v) is 12.9. The SMILES string of the molecule is CCCCn1c2ccc(C)cc2c2nnc(SC)nc21. The highest BCUT2D eigenvalue weighted by Gasteiger charge is 2.14. The van der Waals surface area contributed by atoms with Gasteiger partial charge in [0, 0.05) is 11.9 Å². The number of unbranched alkanes of at least 4 members (excludes halogenated alkanes) is 1. The van der Waals surface area contributed by atoms with E-state index in [9.17, 15) is 0 Å². The molecule has 0 bridgehead atoms. The average Bonchev–Trinajstić information content (AvgIpc) is 2.77. The highest BCUT2D eigenvalue weighted by atomic mass is 32.2. The molecule has 0 unspecified atom stereocenters. The summed E-state index contributed by atoms with van der Waals surface area (Å²) < 4.78 is 2.28. The Morgan fingerprint density at radius 1 is 1.25 bits per heavy atom. The van der Waals surface area contributed by atoms with Crippen LogP contribution >= 0.6 is 11.8 Å². The third-order valence-electron chi connectivity index (χ3n) is 3.52.